The van der Waals surface area contributed by atoms with Crippen LogP contribution >= 0.6 is 11.6 Å². The minimum Gasteiger partial charge on any atom is -0.384 e. The summed E-state index contributed by atoms with van der Waals surface area (Å²) < 4.78 is 28.2. The number of hydrogen-bond acceptors (Lipinski definition) is 6. The zero-order valence-electron chi connectivity index (χ0n) is 29.9. The third kappa shape index (κ3) is 9.05. The van der Waals surface area contributed by atoms with E-state index >= 15 is 0 Å². The fourth-order valence-corrected chi connectivity index (χ4v) is 9.26. The highest BCUT2D eigenvalue weighted by molar-refractivity contribution is 7.92. The molecule has 1 aliphatic carbocycles. The molecule has 6 rings (SSSR count). The Bertz CT molecular complexity index is 1920. The van der Waals surface area contributed by atoms with E-state index in [4.69, 9.17) is 16.6 Å². The van der Waals surface area contributed by atoms with Crippen LogP contribution in [0.3, 0.4) is 0 Å². The average molecular weight is 730 g/mol. The first-order valence-electron chi connectivity index (χ1n) is 18.9. The average Bonchev–Trinajstić information content (AvgIpc) is 3.20. The van der Waals surface area contributed by atoms with Gasteiger partial charge in [0.25, 0.3) is 10.0 Å². The molecule has 0 saturated carbocycles. The van der Waals surface area contributed by atoms with Crippen molar-refractivity contribution in [3.05, 3.63) is 94.1 Å². The first-order chi connectivity index (χ1) is 24.8. The Hall–Kier alpha value is -3.66. The quantitative estimate of drug-likeness (QED) is 0.0940. The number of carbonyl (C=O) groups is 1. The van der Waals surface area contributed by atoms with Crippen LogP contribution in [-0.2, 0) is 27.7 Å². The first kappa shape index (κ1) is 37.1. The van der Waals surface area contributed by atoms with Gasteiger partial charge in [0.05, 0.1) is 22.1 Å². The number of amides is 1. The Balaban J connectivity index is 0.833. The minimum absolute atomic E-state index is 0.140. The number of nitrogens with one attached hydrogen (secondary N) is 3. The van der Waals surface area contributed by atoms with Crippen LogP contribution in [0.5, 0.6) is 0 Å². The molecule has 1 amide bonds. The van der Waals surface area contributed by atoms with E-state index in [0.717, 1.165) is 88.5 Å². The lowest BCUT2D eigenvalue weighted by atomic mass is 9.92. The molecule has 10 heteroatoms. The number of fused-ring (bicyclic) bond motifs is 4. The Labute approximate surface area is 308 Å². The van der Waals surface area contributed by atoms with Crippen LogP contribution in [0.1, 0.15) is 105 Å². The van der Waals surface area contributed by atoms with Gasteiger partial charge in [-0.3, -0.25) is 14.1 Å². The van der Waals surface area contributed by atoms with Gasteiger partial charge < -0.3 is 16.0 Å². The van der Waals surface area contributed by atoms with Crippen molar-refractivity contribution in [2.24, 2.45) is 0 Å². The molecule has 1 aromatic heterocycles. The molecule has 0 fully saturated rings. The number of aromatic nitrogens is 1. The van der Waals surface area contributed by atoms with Crippen LogP contribution in [0.4, 0.5) is 11.4 Å². The van der Waals surface area contributed by atoms with E-state index in [1.165, 1.54) is 52.3 Å². The lowest BCUT2D eigenvalue weighted by Gasteiger charge is -2.22. The van der Waals surface area contributed by atoms with Crippen LogP contribution in [-0.4, -0.2) is 46.0 Å². The van der Waals surface area contributed by atoms with Gasteiger partial charge in [-0.2, -0.15) is 0 Å². The van der Waals surface area contributed by atoms with E-state index in [1.807, 2.05) is 30.3 Å². The molecule has 3 N–H and O–H groups in total. The largest absolute Gasteiger partial charge is 0.384 e. The molecule has 8 nitrogen and oxygen atoms in total. The van der Waals surface area contributed by atoms with Crippen molar-refractivity contribution in [2.45, 2.75) is 101 Å². The first-order valence-corrected chi connectivity index (χ1v) is 20.7. The lowest BCUT2D eigenvalue weighted by molar-refractivity contribution is -0.121. The van der Waals surface area contributed by atoms with Crippen molar-refractivity contribution < 1.29 is 13.2 Å². The summed E-state index contributed by atoms with van der Waals surface area (Å²) in [6, 6.07) is 21.0. The predicted molar refractivity (Wildman–Crippen MR) is 209 cm³/mol. The second-order valence-corrected chi connectivity index (χ2v) is 16.3. The van der Waals surface area contributed by atoms with E-state index in [9.17, 15) is 13.2 Å². The minimum atomic E-state index is -3.74. The topological polar surface area (TPSA) is 103 Å². The highest BCUT2D eigenvalue weighted by Crippen LogP contribution is 2.41. The highest BCUT2D eigenvalue weighted by Gasteiger charge is 2.34. The van der Waals surface area contributed by atoms with Gasteiger partial charge in [-0.15, -0.1) is 0 Å². The molecule has 1 atom stereocenters. The number of carbonyl (C=O) groups excluding carboxylic acids is 1. The summed E-state index contributed by atoms with van der Waals surface area (Å²) in [7, 11) is -2.15. The van der Waals surface area contributed by atoms with Gasteiger partial charge in [-0.05, 0) is 98.9 Å². The monoisotopic (exact) mass is 729 g/mol. The Morgan fingerprint density at radius 3 is 2.39 bits per heavy atom. The van der Waals surface area contributed by atoms with E-state index in [1.54, 1.807) is 19.2 Å². The summed E-state index contributed by atoms with van der Waals surface area (Å²) in [6.07, 6.45) is 14.7. The molecule has 0 spiro atoms. The van der Waals surface area contributed by atoms with Crippen LogP contribution in [0, 0.1) is 0 Å². The van der Waals surface area contributed by atoms with Crippen molar-refractivity contribution in [1.29, 1.82) is 0 Å². The highest BCUT2D eigenvalue weighted by atomic mass is 35.5. The van der Waals surface area contributed by atoms with Crippen LogP contribution in [0.25, 0.3) is 10.9 Å². The molecule has 51 heavy (non-hydrogen) atoms. The number of anilines is 2. The Kier molecular flexibility index (Phi) is 12.9. The third-order valence-electron chi connectivity index (χ3n) is 10.3. The fraction of sp³-hybridized carbons (Fsp3) is 0.463. The molecular formula is C41H52ClN5O3S. The number of unbranched alkanes of at least 4 members (excludes halogenated alkanes) is 7. The van der Waals surface area contributed by atoms with Crippen molar-refractivity contribution in [3.63, 3.8) is 0 Å². The normalized spacial score (nSPS) is 16.2. The summed E-state index contributed by atoms with van der Waals surface area (Å²) in [4.78, 5) is 17.6. The van der Waals surface area contributed by atoms with Gasteiger partial charge in [0.2, 0.25) is 5.91 Å². The fourth-order valence-electron chi connectivity index (χ4n) is 7.55. The summed E-state index contributed by atoms with van der Waals surface area (Å²) in [5, 5.41) is 12.1. The summed E-state index contributed by atoms with van der Waals surface area (Å²) >= 11 is 6.23. The Morgan fingerprint density at radius 2 is 1.53 bits per heavy atom. The van der Waals surface area contributed by atoms with Crippen LogP contribution in [0.2, 0.25) is 5.02 Å². The Morgan fingerprint density at radius 1 is 0.824 bits per heavy atom. The molecule has 4 aromatic rings. The molecule has 1 aliphatic heterocycles. The molecular weight excluding hydrogens is 678 g/mol. The number of para-hydroxylation sites is 2. The molecule has 2 heterocycles. The third-order valence-corrected chi connectivity index (χ3v) is 12.4. The molecule has 2 aliphatic rings. The number of halogens is 1. The summed E-state index contributed by atoms with van der Waals surface area (Å²) in [6.45, 7) is 2.46. The number of aryl methyl sites for hydroxylation is 1. The van der Waals surface area contributed by atoms with Gasteiger partial charge in [0.15, 0.2) is 0 Å². The number of rotatable bonds is 17. The van der Waals surface area contributed by atoms with Crippen molar-refractivity contribution in [1.82, 2.24) is 15.6 Å². The smallest absolute Gasteiger partial charge is 0.264 e. The predicted octanol–water partition coefficient (Wildman–Crippen LogP) is 8.71. The number of hydrogen-bond donors (Lipinski definition) is 3. The van der Waals surface area contributed by atoms with Gasteiger partial charge in [0, 0.05) is 48.3 Å². The maximum atomic E-state index is 13.4. The molecule has 0 bridgehead atoms. The molecule has 3 aromatic carbocycles. The zero-order chi connectivity index (χ0) is 35.6. The van der Waals surface area contributed by atoms with Crippen LogP contribution < -0.4 is 20.3 Å². The van der Waals surface area contributed by atoms with Gasteiger partial charge in [0.1, 0.15) is 0 Å². The maximum Gasteiger partial charge on any atom is 0.264 e. The summed E-state index contributed by atoms with van der Waals surface area (Å²) in [5.41, 5.74) is 7.40. The van der Waals surface area contributed by atoms with Crippen molar-refractivity contribution in [2.75, 3.05) is 36.3 Å². The molecule has 0 saturated heterocycles. The van der Waals surface area contributed by atoms with Crippen LogP contribution in [0.15, 0.2) is 71.6 Å². The zero-order valence-corrected chi connectivity index (χ0v) is 31.4. The molecule has 272 valence electrons. The van der Waals surface area contributed by atoms with Crippen molar-refractivity contribution >= 4 is 49.8 Å². The number of nitrogens with zero attached hydrogens (tertiary/aromatic N) is 2. The number of pyridine rings is 1. The second kappa shape index (κ2) is 17.7. The van der Waals surface area contributed by atoms with Gasteiger partial charge in [-0.1, -0.05) is 86.2 Å². The SMILES string of the molecule is CN1c2ccccc2C(NCCCCCCC(=O)NCCCCCCCNc2c3c(nc4ccccc24)CCCC3)c2ccc(Cl)cc2S1(=O)=O. The van der Waals surface area contributed by atoms with E-state index in [2.05, 4.69) is 40.2 Å². The lowest BCUT2D eigenvalue weighted by Crippen LogP contribution is -2.26. The maximum absolute atomic E-state index is 13.4. The van der Waals surface area contributed by atoms with Gasteiger partial charge in [-0.25, -0.2) is 8.42 Å². The second-order valence-electron chi connectivity index (χ2n) is 13.9. The van der Waals surface area contributed by atoms with E-state index in [0.29, 0.717) is 22.7 Å². The number of sulfonamides is 1. The molecule has 0 radical (unpaired) electrons. The van der Waals surface area contributed by atoms with Crippen molar-refractivity contribution in [3.8, 4) is 0 Å². The van der Waals surface area contributed by atoms with Gasteiger partial charge >= 0.3 is 0 Å². The summed E-state index contributed by atoms with van der Waals surface area (Å²) in [5.74, 6) is 0.140. The molecule has 1 unspecified atom stereocenters. The number of benzene rings is 3. The standard InChI is InChI=1S/C41H52ClN5O3S/c1-47-37-22-13-10-19-33(37)41(34-25-24-30(42)29-38(34)51(47,49)50)45-28-16-6-3-7-23-39(48)43-26-14-4-2-5-15-27-44-40-31-17-8-11-20-35(31)46-36-21-12-9-18-32(36)40/h8,10-11,13,17,19-20,22,24-25,29,41,45H,2-7,9,12,14-16,18,21,23,26-28H2,1H3,(H,43,48)(H,44,46). The van der Waals surface area contributed by atoms with E-state index in [-0.39, 0.29) is 16.8 Å². The van der Waals surface area contributed by atoms with E-state index < -0.39 is 10.0 Å².